The number of rotatable bonds is 18. The van der Waals surface area contributed by atoms with Crippen molar-refractivity contribution < 1.29 is 67.1 Å². The zero-order valence-electron chi connectivity index (χ0n) is 64.2. The monoisotopic (exact) mass is 1370 g/mol. The summed E-state index contributed by atoms with van der Waals surface area (Å²) in [6, 6.07) is -13.9. The molecule has 0 radical (unpaired) electrons. The van der Waals surface area contributed by atoms with E-state index in [2.05, 4.69) is 21.3 Å². The molecule has 2 unspecified atom stereocenters. The van der Waals surface area contributed by atoms with E-state index in [9.17, 15) is 38.4 Å². The maximum absolute atomic E-state index is 15.5. The van der Waals surface area contributed by atoms with Crippen molar-refractivity contribution >= 4 is 76.9 Å². The van der Waals surface area contributed by atoms with Crippen molar-refractivity contribution in [1.82, 2.24) is 60.5 Å². The minimum Gasteiger partial charge on any atom is -0.459 e. The summed E-state index contributed by atoms with van der Waals surface area (Å²) in [6.07, 6.45) is 3.16. The smallest absolute Gasteiger partial charge is 0.303 e. The first-order valence-electron chi connectivity index (χ1n) is 34.8. The fraction of sp³-hybridized carbons (Fsp3) is 0.789. The van der Waals surface area contributed by atoms with Gasteiger partial charge in [0.05, 0.1) is 6.54 Å². The summed E-state index contributed by atoms with van der Waals surface area (Å²) in [7, 11) is 11.3. The highest BCUT2D eigenvalue weighted by molar-refractivity contribution is 6.00. The van der Waals surface area contributed by atoms with E-state index >= 15 is 24.0 Å². The van der Waals surface area contributed by atoms with Crippen LogP contribution in [0, 0.1) is 47.3 Å². The summed E-state index contributed by atoms with van der Waals surface area (Å²) in [5, 5.41) is 11.0. The molecule has 554 valence electrons. The van der Waals surface area contributed by atoms with Crippen molar-refractivity contribution in [2.24, 2.45) is 47.3 Å². The Kier molecular flexibility index (Phi) is 36.3. The number of allylic oxidation sites excluding steroid dienone is 2. The predicted molar refractivity (Wildman–Crippen MR) is 374 cm³/mol. The maximum atomic E-state index is 15.5. The van der Waals surface area contributed by atoms with Gasteiger partial charge in [0.2, 0.25) is 70.9 Å². The van der Waals surface area contributed by atoms with Crippen LogP contribution in [0.2, 0.25) is 0 Å². The summed E-state index contributed by atoms with van der Waals surface area (Å²) in [6.45, 7) is 34.1. The predicted octanol–water partition coefficient (Wildman–Crippen LogP) is 4.71. The van der Waals surface area contributed by atoms with Crippen LogP contribution in [0.15, 0.2) is 12.2 Å². The van der Waals surface area contributed by atoms with Gasteiger partial charge in [0, 0.05) is 63.3 Å². The molecule has 26 nitrogen and oxygen atoms in total. The van der Waals surface area contributed by atoms with Crippen LogP contribution in [0.25, 0.3) is 0 Å². The van der Waals surface area contributed by atoms with Crippen molar-refractivity contribution in [1.29, 1.82) is 0 Å². The summed E-state index contributed by atoms with van der Waals surface area (Å²) < 4.78 is 5.96. The Morgan fingerprint density at radius 1 is 0.443 bits per heavy atom. The molecular formula is C71H126N12O14. The molecule has 97 heavy (non-hydrogen) atoms. The van der Waals surface area contributed by atoms with Crippen LogP contribution in [0.4, 0.5) is 0 Å². The molecule has 1 fully saturated rings. The van der Waals surface area contributed by atoms with Crippen LogP contribution in [-0.2, 0) is 67.1 Å². The Labute approximate surface area is 580 Å². The lowest BCUT2D eigenvalue weighted by Crippen LogP contribution is -2.64. The molecule has 12 amide bonds. The lowest BCUT2D eigenvalue weighted by molar-refractivity contribution is -0.164. The van der Waals surface area contributed by atoms with Crippen LogP contribution in [0.1, 0.15) is 183 Å². The van der Waals surface area contributed by atoms with E-state index in [1.54, 1.807) is 54.5 Å². The number of carbonyl (C=O) groups excluding carboxylic acids is 13. The molecule has 1 rings (SSSR count). The largest absolute Gasteiger partial charge is 0.459 e. The Balaban J connectivity index is 4.53. The highest BCUT2D eigenvalue weighted by Gasteiger charge is 2.47. The first-order valence-corrected chi connectivity index (χ1v) is 34.8. The lowest BCUT2D eigenvalue weighted by Gasteiger charge is -2.42. The van der Waals surface area contributed by atoms with Crippen LogP contribution in [0.3, 0.4) is 0 Å². The molecule has 1 aliphatic heterocycles. The van der Waals surface area contributed by atoms with Gasteiger partial charge < -0.3 is 65.2 Å². The van der Waals surface area contributed by atoms with Crippen LogP contribution in [0.5, 0.6) is 0 Å². The van der Waals surface area contributed by atoms with E-state index in [1.807, 2.05) is 75.3 Å². The first-order chi connectivity index (χ1) is 44.7. The molecule has 0 saturated carbocycles. The molecule has 0 aromatic carbocycles. The van der Waals surface area contributed by atoms with E-state index in [4.69, 9.17) is 4.74 Å². The van der Waals surface area contributed by atoms with Crippen molar-refractivity contribution in [3.8, 4) is 0 Å². The van der Waals surface area contributed by atoms with Gasteiger partial charge in [-0.15, -0.1) is 0 Å². The molecule has 1 heterocycles. The molecule has 0 aliphatic carbocycles. The minimum atomic E-state index is -1.63. The number of likely N-dealkylation sites (N-methyl/N-ethyl adjacent to an activating group) is 8. The van der Waals surface area contributed by atoms with Gasteiger partial charge in [0.15, 0.2) is 0 Å². The molecule has 0 aromatic rings. The average Bonchev–Trinajstić information content (AvgIpc) is 0.805. The zero-order chi connectivity index (χ0) is 75.3. The van der Waals surface area contributed by atoms with Gasteiger partial charge in [-0.3, -0.25) is 62.3 Å². The topological polar surface area (TPSA) is 305 Å². The second-order valence-electron chi connectivity index (χ2n) is 29.8. The van der Waals surface area contributed by atoms with Gasteiger partial charge in [-0.05, 0) is 113 Å². The van der Waals surface area contributed by atoms with Gasteiger partial charge in [0.1, 0.15) is 72.6 Å². The quantitative estimate of drug-likeness (QED) is 0.107. The number of hydrogen-bond donors (Lipinski definition) is 4. The molecular weight excluding hydrogens is 1240 g/mol. The summed E-state index contributed by atoms with van der Waals surface area (Å²) in [5.41, 5.74) is 0. The lowest BCUT2D eigenvalue weighted by atomic mass is 9.91. The van der Waals surface area contributed by atoms with E-state index in [0.29, 0.717) is 0 Å². The third kappa shape index (κ3) is 25.3. The van der Waals surface area contributed by atoms with E-state index in [0.717, 1.165) is 9.80 Å². The molecule has 26 heteroatoms. The Bertz CT molecular complexity index is 2730. The summed E-state index contributed by atoms with van der Waals surface area (Å²) in [4.78, 5) is 201. The average molecular weight is 1370 g/mol. The number of esters is 1. The van der Waals surface area contributed by atoms with E-state index in [-0.39, 0.29) is 74.5 Å². The molecule has 1 aliphatic rings. The summed E-state index contributed by atoms with van der Waals surface area (Å²) >= 11 is 0. The van der Waals surface area contributed by atoms with Crippen LogP contribution < -0.4 is 21.3 Å². The van der Waals surface area contributed by atoms with Gasteiger partial charge in [-0.2, -0.15) is 0 Å². The van der Waals surface area contributed by atoms with Crippen molar-refractivity contribution in [3.63, 3.8) is 0 Å². The van der Waals surface area contributed by atoms with Gasteiger partial charge >= 0.3 is 5.97 Å². The number of hydrogen-bond acceptors (Lipinski definition) is 14. The summed E-state index contributed by atoms with van der Waals surface area (Å²) in [5.74, 6) is -11.7. The maximum Gasteiger partial charge on any atom is 0.303 e. The minimum absolute atomic E-state index is 0.0208. The third-order valence-electron chi connectivity index (χ3n) is 18.1. The fourth-order valence-corrected chi connectivity index (χ4v) is 12.3. The van der Waals surface area contributed by atoms with Crippen molar-refractivity contribution in [2.75, 3.05) is 62.9 Å². The van der Waals surface area contributed by atoms with Crippen LogP contribution in [-0.4, -0.2) is 252 Å². The highest BCUT2D eigenvalue weighted by Crippen LogP contribution is 2.28. The highest BCUT2D eigenvalue weighted by atomic mass is 16.5. The van der Waals surface area contributed by atoms with E-state index < -0.39 is 174 Å². The van der Waals surface area contributed by atoms with Gasteiger partial charge in [-0.25, -0.2) is 0 Å². The number of nitrogens with zero attached hydrogens (tertiary/aromatic N) is 8. The Morgan fingerprint density at radius 2 is 0.825 bits per heavy atom. The normalized spacial score (nSPS) is 26.2. The molecule has 0 spiro atoms. The zero-order valence-corrected chi connectivity index (χ0v) is 64.2. The molecule has 0 bridgehead atoms. The number of amides is 12. The Hall–Kier alpha value is -7.15. The standard InChI is InChI=1S/C71H126N12O14/c1-29-31-32-46(17)60(97-49(20)84)59-64(89)74-50(30-2)66(91)76(21)38-56(85)77(22)51(33-39(3)4)63(88)75-57(44(13)14)70(95)78(23)52(34-40(5)6)62(87)72-47(18)61(86)73-48(19)65(90)79(24)53(35-41(7)8)67(92)80(25)54(36-42(9)10)68(93)81(26)55(37-43(11)12)69(94)82(27)58(45(15)16)71(96)83(59)28/h29,31,39-48,50-55,57-60H,30,32-38H2,1-28H3,(H,72,87)(H,73,86)(H,74,89)(H,75,88)/b31-29+/t46?,47-,48+,50-,51-,52-,53-,54-,55-,57-,58-,59-,60?/m0/s1. The van der Waals surface area contributed by atoms with Gasteiger partial charge in [-0.1, -0.05) is 123 Å². The van der Waals surface area contributed by atoms with Gasteiger partial charge in [0.25, 0.3) is 0 Å². The number of ether oxygens (including phenoxy) is 1. The molecule has 4 N–H and O–H groups in total. The number of carbonyl (C=O) groups is 13. The molecule has 13 atom stereocenters. The Morgan fingerprint density at radius 3 is 1.23 bits per heavy atom. The number of nitrogens with one attached hydrogen (secondary N) is 4. The second-order valence-corrected chi connectivity index (χ2v) is 29.8. The van der Waals surface area contributed by atoms with Crippen molar-refractivity contribution in [2.45, 2.75) is 256 Å². The van der Waals surface area contributed by atoms with Crippen molar-refractivity contribution in [3.05, 3.63) is 12.2 Å². The van der Waals surface area contributed by atoms with E-state index in [1.165, 1.54) is 107 Å². The fourth-order valence-electron chi connectivity index (χ4n) is 12.3. The molecule has 1 saturated heterocycles. The first kappa shape index (κ1) is 87.9. The third-order valence-corrected chi connectivity index (χ3v) is 18.1. The second kappa shape index (κ2) is 40.0. The SMILES string of the molecule is C/C=C/CC(C)C(OC(C)=O)[C@H]1C(=O)N[C@@H](CC)C(=O)N(C)CC(=O)N(C)[C@@H](CC(C)C)C(=O)N[C@@H](C(C)C)C(=O)N(C)[C@@H](CC(C)C)C(=O)N[C@@H](C)C(=O)N[C@H](C)C(=O)N(C)[C@@H](CC(C)C)C(=O)N(C)[C@@H](CC(C)C)C(=O)N(C)[C@@H](CC(C)C)C(=O)N(C)[C@@H](C(C)C)C(=O)N1C. The molecule has 0 aromatic heterocycles. The van der Waals surface area contributed by atoms with Crippen LogP contribution >= 0.6 is 0 Å².